The highest BCUT2D eigenvalue weighted by Crippen LogP contribution is 2.54. The van der Waals surface area contributed by atoms with Crippen molar-refractivity contribution in [2.24, 2.45) is 17.8 Å². The molecule has 4 atom stereocenters. The van der Waals surface area contributed by atoms with Gasteiger partial charge < -0.3 is 19.7 Å². The van der Waals surface area contributed by atoms with E-state index < -0.39 is 23.8 Å². The van der Waals surface area contributed by atoms with Crippen molar-refractivity contribution in [2.75, 3.05) is 13.2 Å². The number of ether oxygens (including phenoxy) is 2. The maximum Gasteiger partial charge on any atom is 0.309 e. The maximum atomic E-state index is 11.1. The van der Waals surface area contributed by atoms with E-state index in [4.69, 9.17) is 14.6 Å². The average molecular weight is 228 g/mol. The van der Waals surface area contributed by atoms with E-state index in [1.54, 1.807) is 0 Å². The SMILES string of the molecule is O=C(O)[C@@H]1C2CC3(CC2C[C@H]1O)OCCO3. The second-order valence-electron chi connectivity index (χ2n) is 5.11. The number of carboxylic acid groups (broad SMARTS) is 1. The lowest BCUT2D eigenvalue weighted by atomic mass is 9.91. The highest BCUT2D eigenvalue weighted by molar-refractivity contribution is 5.71. The molecule has 0 radical (unpaired) electrons. The number of aliphatic hydroxyl groups excluding tert-OH is 1. The van der Waals surface area contributed by atoms with Crippen LogP contribution in [0.4, 0.5) is 0 Å². The van der Waals surface area contributed by atoms with E-state index in [2.05, 4.69) is 0 Å². The fraction of sp³-hybridized carbons (Fsp3) is 0.909. The van der Waals surface area contributed by atoms with E-state index in [9.17, 15) is 9.90 Å². The Bertz CT molecular complexity index is 309. The number of hydrogen-bond acceptors (Lipinski definition) is 4. The second kappa shape index (κ2) is 3.42. The molecule has 0 aromatic rings. The molecule has 1 heterocycles. The molecule has 1 spiro atoms. The van der Waals surface area contributed by atoms with Gasteiger partial charge in [0, 0.05) is 12.8 Å². The molecule has 16 heavy (non-hydrogen) atoms. The van der Waals surface area contributed by atoms with Crippen molar-refractivity contribution in [3.8, 4) is 0 Å². The summed E-state index contributed by atoms with van der Waals surface area (Å²) in [7, 11) is 0. The summed E-state index contributed by atoms with van der Waals surface area (Å²) in [5, 5.41) is 18.9. The molecule has 5 nitrogen and oxygen atoms in total. The third-order valence-corrected chi connectivity index (χ3v) is 4.24. The van der Waals surface area contributed by atoms with Gasteiger partial charge in [-0.1, -0.05) is 0 Å². The second-order valence-corrected chi connectivity index (χ2v) is 5.11. The van der Waals surface area contributed by atoms with Crippen molar-refractivity contribution in [1.29, 1.82) is 0 Å². The molecular formula is C11H16O5. The maximum absolute atomic E-state index is 11.1. The Morgan fingerprint density at radius 3 is 2.56 bits per heavy atom. The van der Waals surface area contributed by atoms with Gasteiger partial charge >= 0.3 is 5.97 Å². The predicted molar refractivity (Wildman–Crippen MR) is 52.6 cm³/mol. The normalized spacial score (nSPS) is 45.1. The zero-order valence-corrected chi connectivity index (χ0v) is 8.96. The summed E-state index contributed by atoms with van der Waals surface area (Å²) in [4.78, 5) is 11.1. The Morgan fingerprint density at radius 1 is 1.25 bits per heavy atom. The minimum atomic E-state index is -0.893. The molecule has 3 fully saturated rings. The number of aliphatic carboxylic acids is 1. The first-order valence-electron chi connectivity index (χ1n) is 5.80. The number of hydrogen-bond donors (Lipinski definition) is 2. The molecule has 2 unspecified atom stereocenters. The molecule has 2 N–H and O–H groups in total. The van der Waals surface area contributed by atoms with Crippen LogP contribution in [0.1, 0.15) is 19.3 Å². The number of carboxylic acids is 1. The highest BCUT2D eigenvalue weighted by Gasteiger charge is 2.58. The van der Waals surface area contributed by atoms with Crippen LogP contribution in [0.3, 0.4) is 0 Å². The molecule has 0 aromatic heterocycles. The van der Waals surface area contributed by atoms with Gasteiger partial charge in [0.2, 0.25) is 0 Å². The Balaban J connectivity index is 1.80. The summed E-state index contributed by atoms with van der Waals surface area (Å²) in [6, 6.07) is 0. The van der Waals surface area contributed by atoms with Crippen molar-refractivity contribution in [1.82, 2.24) is 0 Å². The molecule has 0 aromatic carbocycles. The van der Waals surface area contributed by atoms with E-state index in [1.165, 1.54) is 0 Å². The van der Waals surface area contributed by atoms with Crippen LogP contribution < -0.4 is 0 Å². The van der Waals surface area contributed by atoms with Gasteiger partial charge in [-0.3, -0.25) is 4.79 Å². The molecule has 1 saturated heterocycles. The van der Waals surface area contributed by atoms with Crippen molar-refractivity contribution in [3.63, 3.8) is 0 Å². The number of carbonyl (C=O) groups is 1. The van der Waals surface area contributed by atoms with Crippen LogP contribution >= 0.6 is 0 Å². The van der Waals surface area contributed by atoms with Crippen LogP contribution in [0, 0.1) is 17.8 Å². The predicted octanol–water partition coefficient (Wildman–Crippen LogP) is 0.221. The molecule has 90 valence electrons. The molecule has 2 aliphatic carbocycles. The van der Waals surface area contributed by atoms with Crippen LogP contribution in [-0.2, 0) is 14.3 Å². The first-order chi connectivity index (χ1) is 7.61. The molecule has 5 heteroatoms. The zero-order valence-electron chi connectivity index (χ0n) is 8.96. The lowest BCUT2D eigenvalue weighted by Crippen LogP contribution is -2.32. The quantitative estimate of drug-likeness (QED) is 0.671. The lowest BCUT2D eigenvalue weighted by Gasteiger charge is -2.24. The fourth-order valence-electron chi connectivity index (χ4n) is 3.66. The van der Waals surface area contributed by atoms with E-state index in [1.807, 2.05) is 0 Å². The molecule has 1 aliphatic heterocycles. The zero-order chi connectivity index (χ0) is 11.3. The van der Waals surface area contributed by atoms with Crippen LogP contribution in [-0.4, -0.2) is 41.3 Å². The molecule has 0 amide bonds. The molecule has 0 bridgehead atoms. The van der Waals surface area contributed by atoms with Gasteiger partial charge in [-0.25, -0.2) is 0 Å². The van der Waals surface area contributed by atoms with E-state index >= 15 is 0 Å². The van der Waals surface area contributed by atoms with Gasteiger partial charge in [0.1, 0.15) is 0 Å². The van der Waals surface area contributed by atoms with Crippen molar-refractivity contribution in [2.45, 2.75) is 31.2 Å². The summed E-state index contributed by atoms with van der Waals surface area (Å²) in [6.07, 6.45) is 1.21. The average Bonchev–Trinajstić information content (AvgIpc) is 2.81. The third-order valence-electron chi connectivity index (χ3n) is 4.24. The van der Waals surface area contributed by atoms with Crippen LogP contribution in [0.25, 0.3) is 0 Å². The molecule has 3 rings (SSSR count). The van der Waals surface area contributed by atoms with E-state index in [-0.39, 0.29) is 11.8 Å². The largest absolute Gasteiger partial charge is 0.481 e. The van der Waals surface area contributed by atoms with Gasteiger partial charge in [0.05, 0.1) is 25.2 Å². The summed E-state index contributed by atoms with van der Waals surface area (Å²) < 4.78 is 11.2. The molecular weight excluding hydrogens is 212 g/mol. The first kappa shape index (κ1) is 10.5. The van der Waals surface area contributed by atoms with Crippen molar-refractivity contribution >= 4 is 5.97 Å². The Hall–Kier alpha value is -0.650. The van der Waals surface area contributed by atoms with Gasteiger partial charge in [0.15, 0.2) is 5.79 Å². The number of rotatable bonds is 1. The Kier molecular flexibility index (Phi) is 2.24. The van der Waals surface area contributed by atoms with Crippen molar-refractivity contribution in [3.05, 3.63) is 0 Å². The summed E-state index contributed by atoms with van der Waals surface area (Å²) in [5.41, 5.74) is 0. The van der Waals surface area contributed by atoms with Gasteiger partial charge in [-0.15, -0.1) is 0 Å². The summed E-state index contributed by atoms with van der Waals surface area (Å²) >= 11 is 0. The molecule has 3 aliphatic rings. The fourth-order valence-corrected chi connectivity index (χ4v) is 3.66. The minimum absolute atomic E-state index is 0.00519. The lowest BCUT2D eigenvalue weighted by molar-refractivity contribution is -0.162. The van der Waals surface area contributed by atoms with E-state index in [0.29, 0.717) is 26.1 Å². The van der Waals surface area contributed by atoms with Crippen LogP contribution in [0.5, 0.6) is 0 Å². The summed E-state index contributed by atoms with van der Waals surface area (Å²) in [5.74, 6) is -1.84. The first-order valence-corrected chi connectivity index (χ1v) is 5.80. The highest BCUT2D eigenvalue weighted by atomic mass is 16.7. The van der Waals surface area contributed by atoms with Crippen LogP contribution in [0.2, 0.25) is 0 Å². The van der Waals surface area contributed by atoms with Crippen LogP contribution in [0.15, 0.2) is 0 Å². The standard InChI is InChI=1S/C11H16O5/c12-8-3-6-4-11(15-1-2-16-11)5-7(6)9(8)10(13)14/h6-9,12H,1-5H2,(H,13,14)/t6?,7?,8-,9-/m1/s1. The van der Waals surface area contributed by atoms with E-state index in [0.717, 1.165) is 6.42 Å². The number of fused-ring (bicyclic) bond motifs is 1. The van der Waals surface area contributed by atoms with Crippen molar-refractivity contribution < 1.29 is 24.5 Å². The molecule has 2 saturated carbocycles. The topological polar surface area (TPSA) is 76.0 Å². The Labute approximate surface area is 93.3 Å². The Morgan fingerprint density at radius 2 is 1.94 bits per heavy atom. The van der Waals surface area contributed by atoms with Gasteiger partial charge in [-0.05, 0) is 18.3 Å². The monoisotopic (exact) mass is 228 g/mol. The summed E-state index contributed by atoms with van der Waals surface area (Å²) in [6.45, 7) is 1.19. The number of aliphatic hydroxyl groups is 1. The smallest absolute Gasteiger partial charge is 0.309 e. The minimum Gasteiger partial charge on any atom is -0.481 e. The van der Waals surface area contributed by atoms with Gasteiger partial charge in [-0.2, -0.15) is 0 Å². The van der Waals surface area contributed by atoms with Gasteiger partial charge in [0.25, 0.3) is 0 Å². The third kappa shape index (κ3) is 1.38.